The SMILES string of the molecule is CC(C)CC(O)CNC1CCSCC1. The Hall–Kier alpha value is 0.270. The average Bonchev–Trinajstić information content (AvgIpc) is 2.15. The zero-order chi connectivity index (χ0) is 10.4. The summed E-state index contributed by atoms with van der Waals surface area (Å²) in [6.45, 7) is 5.08. The molecule has 3 heteroatoms. The van der Waals surface area contributed by atoms with Gasteiger partial charge >= 0.3 is 0 Å². The Morgan fingerprint density at radius 2 is 2.00 bits per heavy atom. The van der Waals surface area contributed by atoms with Gasteiger partial charge in [0.15, 0.2) is 0 Å². The Kier molecular flexibility index (Phi) is 5.90. The van der Waals surface area contributed by atoms with Crippen LogP contribution in [0.5, 0.6) is 0 Å². The van der Waals surface area contributed by atoms with E-state index >= 15 is 0 Å². The summed E-state index contributed by atoms with van der Waals surface area (Å²) in [5.41, 5.74) is 0. The maximum atomic E-state index is 9.68. The van der Waals surface area contributed by atoms with E-state index in [2.05, 4.69) is 19.2 Å². The number of hydrogen-bond acceptors (Lipinski definition) is 3. The van der Waals surface area contributed by atoms with E-state index in [0.29, 0.717) is 12.0 Å². The second-order valence-electron chi connectivity index (χ2n) is 4.58. The van der Waals surface area contributed by atoms with Gasteiger partial charge in [0.05, 0.1) is 6.10 Å². The molecule has 1 saturated heterocycles. The topological polar surface area (TPSA) is 32.3 Å². The molecule has 0 spiro atoms. The highest BCUT2D eigenvalue weighted by atomic mass is 32.2. The lowest BCUT2D eigenvalue weighted by Gasteiger charge is -2.24. The highest BCUT2D eigenvalue weighted by Crippen LogP contribution is 2.16. The fourth-order valence-corrected chi connectivity index (χ4v) is 2.94. The molecular formula is C11H23NOS. The van der Waals surface area contributed by atoms with Gasteiger partial charge in [-0.3, -0.25) is 0 Å². The van der Waals surface area contributed by atoms with Crippen LogP contribution in [0.1, 0.15) is 33.1 Å². The Balaban J connectivity index is 2.06. The molecule has 0 aromatic heterocycles. The van der Waals surface area contributed by atoms with Crippen LogP contribution in [-0.4, -0.2) is 35.3 Å². The molecule has 2 N–H and O–H groups in total. The van der Waals surface area contributed by atoms with Crippen molar-refractivity contribution < 1.29 is 5.11 Å². The summed E-state index contributed by atoms with van der Waals surface area (Å²) in [4.78, 5) is 0. The number of aliphatic hydroxyl groups is 1. The normalized spacial score (nSPS) is 21.4. The van der Waals surface area contributed by atoms with Crippen molar-refractivity contribution in [3.05, 3.63) is 0 Å². The summed E-state index contributed by atoms with van der Waals surface area (Å²) in [6.07, 6.45) is 3.27. The van der Waals surface area contributed by atoms with E-state index in [-0.39, 0.29) is 6.10 Å². The van der Waals surface area contributed by atoms with Crippen molar-refractivity contribution in [3.63, 3.8) is 0 Å². The van der Waals surface area contributed by atoms with Crippen LogP contribution >= 0.6 is 11.8 Å². The van der Waals surface area contributed by atoms with Gasteiger partial charge in [-0.2, -0.15) is 11.8 Å². The fourth-order valence-electron chi connectivity index (χ4n) is 1.83. The van der Waals surface area contributed by atoms with Gasteiger partial charge in [-0.15, -0.1) is 0 Å². The molecule has 0 aliphatic carbocycles. The smallest absolute Gasteiger partial charge is 0.0667 e. The molecule has 14 heavy (non-hydrogen) atoms. The third-order valence-corrected chi connectivity index (χ3v) is 3.66. The monoisotopic (exact) mass is 217 g/mol. The van der Waals surface area contributed by atoms with Gasteiger partial charge in [0.25, 0.3) is 0 Å². The van der Waals surface area contributed by atoms with E-state index in [4.69, 9.17) is 0 Å². The largest absolute Gasteiger partial charge is 0.392 e. The van der Waals surface area contributed by atoms with Crippen LogP contribution in [0, 0.1) is 5.92 Å². The van der Waals surface area contributed by atoms with Crippen molar-refractivity contribution in [1.82, 2.24) is 5.32 Å². The van der Waals surface area contributed by atoms with Gasteiger partial charge in [0.2, 0.25) is 0 Å². The molecule has 1 atom stereocenters. The lowest BCUT2D eigenvalue weighted by molar-refractivity contribution is 0.142. The molecule has 1 fully saturated rings. The maximum absolute atomic E-state index is 9.68. The number of nitrogens with one attached hydrogen (secondary N) is 1. The molecule has 0 bridgehead atoms. The van der Waals surface area contributed by atoms with Crippen LogP contribution in [-0.2, 0) is 0 Å². The Bertz CT molecular complexity index is 146. The molecule has 0 aromatic carbocycles. The van der Waals surface area contributed by atoms with E-state index in [9.17, 15) is 5.11 Å². The standard InChI is InChI=1S/C11H23NOS/c1-9(2)7-11(13)8-12-10-3-5-14-6-4-10/h9-13H,3-8H2,1-2H3. The first-order valence-corrected chi connectivity index (χ1v) is 6.83. The van der Waals surface area contributed by atoms with Crippen LogP contribution in [0.25, 0.3) is 0 Å². The first-order valence-electron chi connectivity index (χ1n) is 5.67. The second-order valence-corrected chi connectivity index (χ2v) is 5.80. The third kappa shape index (κ3) is 5.23. The molecule has 0 saturated carbocycles. The van der Waals surface area contributed by atoms with Crippen molar-refractivity contribution in [2.75, 3.05) is 18.1 Å². The van der Waals surface area contributed by atoms with Crippen molar-refractivity contribution in [3.8, 4) is 0 Å². The van der Waals surface area contributed by atoms with Crippen molar-refractivity contribution >= 4 is 11.8 Å². The first kappa shape index (κ1) is 12.3. The molecular weight excluding hydrogens is 194 g/mol. The van der Waals surface area contributed by atoms with E-state index in [1.54, 1.807) is 0 Å². The molecule has 84 valence electrons. The quantitative estimate of drug-likeness (QED) is 0.737. The van der Waals surface area contributed by atoms with Gasteiger partial charge in [-0.1, -0.05) is 13.8 Å². The predicted molar refractivity (Wildman–Crippen MR) is 63.8 cm³/mol. The van der Waals surface area contributed by atoms with E-state index in [0.717, 1.165) is 13.0 Å². The van der Waals surface area contributed by atoms with Crippen LogP contribution in [0.2, 0.25) is 0 Å². The van der Waals surface area contributed by atoms with Crippen molar-refractivity contribution in [2.45, 2.75) is 45.3 Å². The van der Waals surface area contributed by atoms with Gasteiger partial charge in [-0.05, 0) is 36.7 Å². The van der Waals surface area contributed by atoms with Gasteiger partial charge in [0.1, 0.15) is 0 Å². The zero-order valence-electron chi connectivity index (χ0n) is 9.33. The van der Waals surface area contributed by atoms with Crippen LogP contribution < -0.4 is 5.32 Å². The summed E-state index contributed by atoms with van der Waals surface area (Å²) in [6, 6.07) is 0.651. The minimum absolute atomic E-state index is 0.162. The van der Waals surface area contributed by atoms with E-state index < -0.39 is 0 Å². The van der Waals surface area contributed by atoms with Crippen LogP contribution in [0.15, 0.2) is 0 Å². The molecule has 1 aliphatic heterocycles. The van der Waals surface area contributed by atoms with Gasteiger partial charge in [0, 0.05) is 12.6 Å². The summed E-state index contributed by atoms with van der Waals surface area (Å²) >= 11 is 2.04. The van der Waals surface area contributed by atoms with Gasteiger partial charge in [-0.25, -0.2) is 0 Å². The first-order chi connectivity index (χ1) is 6.68. The predicted octanol–water partition coefficient (Wildman–Crippen LogP) is 1.88. The van der Waals surface area contributed by atoms with Crippen LogP contribution in [0.4, 0.5) is 0 Å². The Morgan fingerprint density at radius 1 is 1.36 bits per heavy atom. The number of hydrogen-bond donors (Lipinski definition) is 2. The summed E-state index contributed by atoms with van der Waals surface area (Å²) in [5.74, 6) is 3.14. The molecule has 2 nitrogen and oxygen atoms in total. The zero-order valence-corrected chi connectivity index (χ0v) is 10.1. The van der Waals surface area contributed by atoms with Crippen molar-refractivity contribution in [1.29, 1.82) is 0 Å². The molecule has 0 radical (unpaired) electrons. The molecule has 1 aliphatic rings. The lowest BCUT2D eigenvalue weighted by Crippen LogP contribution is -2.38. The number of rotatable bonds is 5. The number of thioether (sulfide) groups is 1. The minimum atomic E-state index is -0.162. The maximum Gasteiger partial charge on any atom is 0.0667 e. The van der Waals surface area contributed by atoms with Crippen molar-refractivity contribution in [2.24, 2.45) is 5.92 Å². The lowest BCUT2D eigenvalue weighted by atomic mass is 10.1. The summed E-state index contributed by atoms with van der Waals surface area (Å²) < 4.78 is 0. The molecule has 1 heterocycles. The van der Waals surface area contributed by atoms with E-state index in [1.165, 1.54) is 24.3 Å². The highest BCUT2D eigenvalue weighted by Gasteiger charge is 2.14. The molecule has 1 unspecified atom stereocenters. The van der Waals surface area contributed by atoms with Gasteiger partial charge < -0.3 is 10.4 Å². The number of aliphatic hydroxyl groups excluding tert-OH is 1. The van der Waals surface area contributed by atoms with Crippen LogP contribution in [0.3, 0.4) is 0 Å². The fraction of sp³-hybridized carbons (Fsp3) is 1.00. The summed E-state index contributed by atoms with van der Waals surface area (Å²) in [5, 5.41) is 13.1. The molecule has 0 aromatic rings. The Morgan fingerprint density at radius 3 is 2.57 bits per heavy atom. The average molecular weight is 217 g/mol. The third-order valence-electron chi connectivity index (χ3n) is 2.61. The second kappa shape index (κ2) is 6.70. The highest BCUT2D eigenvalue weighted by molar-refractivity contribution is 7.99. The minimum Gasteiger partial charge on any atom is -0.392 e. The Labute approximate surface area is 91.9 Å². The van der Waals surface area contributed by atoms with E-state index in [1.807, 2.05) is 11.8 Å². The molecule has 0 amide bonds. The molecule has 1 rings (SSSR count). The summed E-state index contributed by atoms with van der Waals surface area (Å²) in [7, 11) is 0.